The molecule has 1 saturated carbocycles. The van der Waals surface area contributed by atoms with Crippen LogP contribution in [0.5, 0.6) is 0 Å². The molecule has 26 heavy (non-hydrogen) atoms. The predicted molar refractivity (Wildman–Crippen MR) is 101 cm³/mol. The van der Waals surface area contributed by atoms with Crippen LogP contribution in [0.1, 0.15) is 19.3 Å². The van der Waals surface area contributed by atoms with Crippen LogP contribution in [0.2, 0.25) is 0 Å². The number of hydrogen-bond acceptors (Lipinski definition) is 6. The lowest BCUT2D eigenvalue weighted by molar-refractivity contribution is -0.114. The highest BCUT2D eigenvalue weighted by molar-refractivity contribution is 6.60. The second-order valence-electron chi connectivity index (χ2n) is 5.86. The fourth-order valence-corrected chi connectivity index (χ4v) is 1.87. The van der Waals surface area contributed by atoms with Crippen LogP contribution in [0.4, 0.5) is 10.1 Å². The molecule has 1 amide bonds. The molecule has 0 aromatic heterocycles. The normalized spacial score (nSPS) is 18.0. The van der Waals surface area contributed by atoms with E-state index in [1.54, 1.807) is 0 Å². The average Bonchev–Trinajstić information content (AvgIpc) is 3.46. The summed E-state index contributed by atoms with van der Waals surface area (Å²) in [6.07, 6.45) is 5.33. The maximum atomic E-state index is 12.8. The Morgan fingerprint density at radius 2 is 1.96 bits per heavy atom. The number of hydrazone groups is 1. The molecule has 1 atom stereocenters. The number of hydrogen-bond donors (Lipinski definition) is 5. The molecule has 1 aromatic rings. The van der Waals surface area contributed by atoms with Gasteiger partial charge in [-0.25, -0.2) is 4.39 Å². The smallest absolute Gasteiger partial charge is 0.273 e. The third kappa shape index (κ3) is 6.39. The minimum absolute atomic E-state index is 0.107. The lowest BCUT2D eigenvalue weighted by Gasteiger charge is -2.12. The number of rotatable bonds is 6. The topological polar surface area (TPSA) is 101 Å². The maximum Gasteiger partial charge on any atom is 0.273 e. The Bertz CT molecular complexity index is 708. The van der Waals surface area contributed by atoms with Crippen molar-refractivity contribution >= 4 is 23.5 Å². The van der Waals surface area contributed by atoms with Gasteiger partial charge in [0.05, 0.1) is 23.8 Å². The number of carbonyl (C=O) groups is 1. The summed E-state index contributed by atoms with van der Waals surface area (Å²) in [6, 6.07) is 5.30. The van der Waals surface area contributed by atoms with Crippen LogP contribution in [0.15, 0.2) is 54.0 Å². The first-order valence-electron chi connectivity index (χ1n) is 8.29. The van der Waals surface area contributed by atoms with E-state index in [4.69, 9.17) is 5.41 Å². The molecule has 1 aromatic carbocycles. The molecule has 1 aliphatic heterocycles. The summed E-state index contributed by atoms with van der Waals surface area (Å²) in [7, 11) is 0. The van der Waals surface area contributed by atoms with Gasteiger partial charge in [-0.1, -0.05) is 32.4 Å². The van der Waals surface area contributed by atoms with Gasteiger partial charge >= 0.3 is 0 Å². The molecule has 7 nitrogen and oxygen atoms in total. The lowest BCUT2D eigenvalue weighted by Crippen LogP contribution is -2.41. The van der Waals surface area contributed by atoms with Crippen LogP contribution in [0.3, 0.4) is 0 Å². The van der Waals surface area contributed by atoms with E-state index in [0.29, 0.717) is 17.2 Å². The van der Waals surface area contributed by atoms with Gasteiger partial charge in [-0.3, -0.25) is 10.2 Å². The van der Waals surface area contributed by atoms with Crippen molar-refractivity contribution in [1.82, 2.24) is 16.0 Å². The van der Waals surface area contributed by atoms with Gasteiger partial charge < -0.3 is 21.4 Å². The number of amides is 1. The number of halogens is 1. The molecule has 1 unspecified atom stereocenters. The summed E-state index contributed by atoms with van der Waals surface area (Å²) in [5.74, 6) is -0.265. The quantitative estimate of drug-likeness (QED) is 0.397. The summed E-state index contributed by atoms with van der Waals surface area (Å²) in [4.78, 5) is 12.0. The molecule has 2 fully saturated rings. The molecule has 0 radical (unpaired) electrons. The van der Waals surface area contributed by atoms with Crippen LogP contribution >= 0.6 is 0 Å². The predicted octanol–water partition coefficient (Wildman–Crippen LogP) is 2.08. The largest absolute Gasteiger partial charge is 0.362 e. The fourth-order valence-electron chi connectivity index (χ4n) is 1.87. The van der Waals surface area contributed by atoms with Gasteiger partial charge in [0, 0.05) is 12.2 Å². The van der Waals surface area contributed by atoms with Gasteiger partial charge in [-0.15, -0.1) is 0 Å². The van der Waals surface area contributed by atoms with Crippen molar-refractivity contribution in [2.45, 2.75) is 25.3 Å². The van der Waals surface area contributed by atoms with Crippen LogP contribution in [0.25, 0.3) is 0 Å². The summed E-state index contributed by atoms with van der Waals surface area (Å²) in [6.45, 7) is 7.79. The van der Waals surface area contributed by atoms with Crippen LogP contribution in [-0.2, 0) is 4.79 Å². The molecule has 3 rings (SSSR count). The van der Waals surface area contributed by atoms with Crippen LogP contribution < -0.4 is 21.4 Å². The van der Waals surface area contributed by atoms with Gasteiger partial charge in [0.1, 0.15) is 5.82 Å². The summed E-state index contributed by atoms with van der Waals surface area (Å²) in [5.41, 5.74) is 3.70. The molecule has 8 heteroatoms. The van der Waals surface area contributed by atoms with Gasteiger partial charge in [-0.05, 0) is 24.3 Å². The van der Waals surface area contributed by atoms with Crippen LogP contribution in [-0.4, -0.2) is 30.4 Å². The highest BCUT2D eigenvalue weighted by Gasteiger charge is 2.21. The molecule has 1 saturated heterocycles. The minimum Gasteiger partial charge on any atom is -0.362 e. The summed E-state index contributed by atoms with van der Waals surface area (Å²) < 4.78 is 12.8. The molecule has 0 spiro atoms. The second-order valence-corrected chi connectivity index (χ2v) is 5.86. The monoisotopic (exact) mass is 358 g/mol. The number of nitrogens with zero attached hydrogens (tertiary/aromatic N) is 1. The zero-order valence-electron chi connectivity index (χ0n) is 14.4. The first kappa shape index (κ1) is 19.2. The molecule has 1 heterocycles. The molecule has 2 aliphatic rings. The Balaban J connectivity index is 0.000000732. The average molecular weight is 358 g/mol. The lowest BCUT2D eigenvalue weighted by atomic mass is 10.2. The molecular weight excluding hydrogens is 335 g/mol. The van der Waals surface area contributed by atoms with E-state index in [0.717, 1.165) is 6.21 Å². The Morgan fingerprint density at radius 3 is 2.46 bits per heavy atom. The van der Waals surface area contributed by atoms with E-state index in [1.807, 2.05) is 0 Å². The van der Waals surface area contributed by atoms with E-state index in [9.17, 15) is 9.18 Å². The fraction of sp³-hybridized carbons (Fsp3) is 0.278. The number of nitrogens with one attached hydrogen (secondary N) is 5. The molecule has 138 valence electrons. The van der Waals surface area contributed by atoms with E-state index in [-0.39, 0.29) is 24.1 Å². The number of carbonyl (C=O) groups excluding carboxylic acids is 1. The van der Waals surface area contributed by atoms with Crippen molar-refractivity contribution in [3.05, 3.63) is 54.8 Å². The third-order valence-corrected chi connectivity index (χ3v) is 3.42. The zero-order chi connectivity index (χ0) is 18.9. The van der Waals surface area contributed by atoms with Crippen LogP contribution in [0, 0.1) is 11.2 Å². The van der Waals surface area contributed by atoms with Crippen molar-refractivity contribution in [3.63, 3.8) is 0 Å². The van der Waals surface area contributed by atoms with Crippen molar-refractivity contribution in [2.24, 2.45) is 5.10 Å². The van der Waals surface area contributed by atoms with E-state index in [1.165, 1.54) is 43.5 Å². The number of benzene rings is 1. The van der Waals surface area contributed by atoms with Crippen molar-refractivity contribution in [1.29, 1.82) is 5.41 Å². The molecule has 1 aliphatic carbocycles. The highest BCUT2D eigenvalue weighted by atomic mass is 19.1. The standard InChI is InChI=1S/C15H17FN6O.C3H6/c1-9-14(20-10(2)19-9)8-18-15(23)13(7-17)22-21-12-5-3-11(16)4-6-12;1-2-3-1/h3-7,14,17,19-21H,1-2,8H2,(H,18,23);1-3H2/b17-7?,22-13+;. The second kappa shape index (κ2) is 9.36. The zero-order valence-corrected chi connectivity index (χ0v) is 14.4. The summed E-state index contributed by atoms with van der Waals surface area (Å²) in [5, 5.41) is 19.7. The van der Waals surface area contributed by atoms with E-state index >= 15 is 0 Å². The Labute approximate surface area is 152 Å². The maximum absolute atomic E-state index is 12.8. The Hall–Kier alpha value is -3.16. The van der Waals surface area contributed by atoms with E-state index < -0.39 is 5.91 Å². The van der Waals surface area contributed by atoms with Gasteiger partial charge in [0.15, 0.2) is 5.71 Å². The molecular formula is C18H23FN6O. The Morgan fingerprint density at radius 1 is 1.31 bits per heavy atom. The van der Waals surface area contributed by atoms with Gasteiger partial charge in [-0.2, -0.15) is 5.10 Å². The third-order valence-electron chi connectivity index (χ3n) is 3.42. The molecule has 5 N–H and O–H groups in total. The molecule has 0 bridgehead atoms. The van der Waals surface area contributed by atoms with Crippen molar-refractivity contribution in [3.8, 4) is 0 Å². The van der Waals surface area contributed by atoms with Crippen molar-refractivity contribution < 1.29 is 9.18 Å². The first-order valence-corrected chi connectivity index (χ1v) is 8.29. The first-order chi connectivity index (χ1) is 12.5. The van der Waals surface area contributed by atoms with Crippen molar-refractivity contribution in [2.75, 3.05) is 12.0 Å². The van der Waals surface area contributed by atoms with Gasteiger partial charge in [0.2, 0.25) is 0 Å². The number of anilines is 1. The van der Waals surface area contributed by atoms with E-state index in [2.05, 4.69) is 39.6 Å². The Kier molecular flexibility index (Phi) is 6.90. The SMILES string of the molecule is C1CC1.C=C1NC(=C)C(CNC(=O)/C(C=N)=N/Nc2ccc(F)cc2)N1. The van der Waals surface area contributed by atoms with Gasteiger partial charge in [0.25, 0.3) is 5.91 Å². The minimum atomic E-state index is -0.512. The highest BCUT2D eigenvalue weighted by Crippen LogP contribution is 2.14. The summed E-state index contributed by atoms with van der Waals surface area (Å²) >= 11 is 0.